The molecular weight excluding hydrogens is 506 g/mol. The molecule has 0 unspecified atom stereocenters. The number of ether oxygens (including phenoxy) is 1. The van der Waals surface area contributed by atoms with Crippen molar-refractivity contribution in [3.63, 3.8) is 0 Å². The number of carbonyl (C=O) groups excluding carboxylic acids is 2. The molecule has 0 bridgehead atoms. The van der Waals surface area contributed by atoms with Crippen molar-refractivity contribution in [1.82, 2.24) is 9.62 Å². The van der Waals surface area contributed by atoms with Crippen molar-refractivity contribution in [2.45, 2.75) is 71.3 Å². The summed E-state index contributed by atoms with van der Waals surface area (Å²) in [5, 5.41) is 3.04. The number of aliphatic imine (C=N–C) groups is 1. The number of urea groups is 1. The minimum atomic E-state index is -3.55. The van der Waals surface area contributed by atoms with E-state index >= 15 is 0 Å². The number of sulfonamides is 1. The molecule has 38 heavy (non-hydrogen) atoms. The number of amidine groups is 1. The minimum absolute atomic E-state index is 0.0587. The summed E-state index contributed by atoms with van der Waals surface area (Å²) in [6.07, 6.45) is 5.47. The van der Waals surface area contributed by atoms with Gasteiger partial charge in [0.15, 0.2) is 0 Å². The molecule has 1 aliphatic carbocycles. The first kappa shape index (κ1) is 28.4. The molecule has 1 saturated heterocycles. The van der Waals surface area contributed by atoms with Gasteiger partial charge in [-0.1, -0.05) is 19.8 Å². The van der Waals surface area contributed by atoms with Crippen LogP contribution in [-0.4, -0.2) is 69.0 Å². The Hall–Kier alpha value is -2.66. The van der Waals surface area contributed by atoms with Crippen LogP contribution in [0.25, 0.3) is 0 Å². The molecule has 3 N–H and O–H groups in total. The molecule has 0 radical (unpaired) electrons. The van der Waals surface area contributed by atoms with Gasteiger partial charge in [-0.3, -0.25) is 14.7 Å². The predicted molar refractivity (Wildman–Crippen MR) is 148 cm³/mol. The van der Waals surface area contributed by atoms with E-state index in [9.17, 15) is 18.0 Å². The molecule has 0 atom stereocenters. The van der Waals surface area contributed by atoms with E-state index in [1.54, 1.807) is 13.1 Å². The maximum absolute atomic E-state index is 13.3. The van der Waals surface area contributed by atoms with Crippen molar-refractivity contribution in [1.29, 1.82) is 0 Å². The average Bonchev–Trinajstić information content (AvgIpc) is 3.18. The average molecular weight is 548 g/mol. The van der Waals surface area contributed by atoms with Gasteiger partial charge in [0.05, 0.1) is 18.6 Å². The van der Waals surface area contributed by atoms with Gasteiger partial charge < -0.3 is 15.8 Å². The van der Waals surface area contributed by atoms with E-state index in [1.807, 2.05) is 13.8 Å². The van der Waals surface area contributed by atoms with Gasteiger partial charge in [0, 0.05) is 26.1 Å². The fourth-order valence-electron chi connectivity index (χ4n) is 6.09. The number of anilines is 1. The molecule has 11 heteroatoms. The Labute approximate surface area is 226 Å². The first-order chi connectivity index (χ1) is 17.9. The van der Waals surface area contributed by atoms with Gasteiger partial charge in [-0.05, 0) is 74.6 Å². The largest absolute Gasteiger partial charge is 0.494 e. The molecule has 2 heterocycles. The third-order valence-corrected chi connectivity index (χ3v) is 10.6. The maximum Gasteiger partial charge on any atom is 0.319 e. The highest BCUT2D eigenvalue weighted by Crippen LogP contribution is 2.38. The van der Waals surface area contributed by atoms with Crippen LogP contribution in [0.3, 0.4) is 0 Å². The Bertz CT molecular complexity index is 1230. The number of nitrogens with zero attached hydrogens (tertiary/aromatic N) is 3. The van der Waals surface area contributed by atoms with Crippen LogP contribution >= 0.6 is 0 Å². The van der Waals surface area contributed by atoms with E-state index in [1.165, 1.54) is 16.3 Å². The molecule has 210 valence electrons. The monoisotopic (exact) mass is 547 g/mol. The zero-order chi connectivity index (χ0) is 27.8. The fourth-order valence-corrected chi connectivity index (χ4v) is 7.55. The summed E-state index contributed by atoms with van der Waals surface area (Å²) >= 11 is 0. The molecule has 1 aromatic carbocycles. The summed E-state index contributed by atoms with van der Waals surface area (Å²) in [4.78, 5) is 30.8. The Morgan fingerprint density at radius 3 is 2.45 bits per heavy atom. The number of primary amides is 1. The van der Waals surface area contributed by atoms with Crippen LogP contribution in [0.5, 0.6) is 5.75 Å². The standard InChI is InChI=1S/C27H41N5O5S/c1-17-6-8-20(9-7-17)24-29-25(33)27(30-24)11-13-32(14-12-27)38(35,36)15-10-21-18(2)16-22(31(4)26(28)34)23(37-5)19(21)3/h16-17,20H,6-15H2,1-5H3,(H2,28,34)(H,29,30,33)/t17-,20-. The van der Waals surface area contributed by atoms with Crippen molar-refractivity contribution in [2.75, 3.05) is 37.9 Å². The van der Waals surface area contributed by atoms with E-state index in [4.69, 9.17) is 15.5 Å². The van der Waals surface area contributed by atoms with Crippen LogP contribution < -0.4 is 20.7 Å². The van der Waals surface area contributed by atoms with Gasteiger partial charge in [0.25, 0.3) is 5.91 Å². The number of nitrogens with one attached hydrogen (secondary N) is 1. The number of piperidine rings is 1. The Morgan fingerprint density at radius 2 is 1.87 bits per heavy atom. The summed E-state index contributed by atoms with van der Waals surface area (Å²) in [5.74, 6) is 2.18. The number of carbonyl (C=O) groups is 2. The predicted octanol–water partition coefficient (Wildman–Crippen LogP) is 2.89. The first-order valence-electron chi connectivity index (χ1n) is 13.5. The van der Waals surface area contributed by atoms with Crippen LogP contribution in [0, 0.1) is 25.7 Å². The van der Waals surface area contributed by atoms with Crippen LogP contribution in [-0.2, 0) is 21.2 Å². The van der Waals surface area contributed by atoms with E-state index in [2.05, 4.69) is 12.2 Å². The van der Waals surface area contributed by atoms with Gasteiger partial charge in [-0.2, -0.15) is 0 Å². The van der Waals surface area contributed by atoms with Crippen molar-refractivity contribution >= 4 is 33.5 Å². The molecule has 0 aromatic heterocycles. The third kappa shape index (κ3) is 5.40. The number of methoxy groups -OCH3 is 1. The number of hydrogen-bond donors (Lipinski definition) is 2. The molecule has 4 rings (SSSR count). The highest BCUT2D eigenvalue weighted by Gasteiger charge is 2.48. The van der Waals surface area contributed by atoms with Gasteiger partial charge in [-0.25, -0.2) is 17.5 Å². The van der Waals surface area contributed by atoms with Crippen molar-refractivity contribution in [3.05, 3.63) is 22.8 Å². The summed E-state index contributed by atoms with van der Waals surface area (Å²) in [7, 11) is -0.466. The van der Waals surface area contributed by atoms with Gasteiger partial charge in [0.1, 0.15) is 17.1 Å². The Kier molecular flexibility index (Phi) is 8.09. The maximum atomic E-state index is 13.3. The van der Waals surface area contributed by atoms with E-state index in [0.717, 1.165) is 54.1 Å². The number of nitrogens with two attached hydrogens (primary N) is 1. The third-order valence-electron chi connectivity index (χ3n) is 8.71. The van der Waals surface area contributed by atoms with Crippen LogP contribution in [0.2, 0.25) is 0 Å². The zero-order valence-corrected chi connectivity index (χ0v) is 24.0. The summed E-state index contributed by atoms with van der Waals surface area (Å²) in [5.41, 5.74) is 7.66. The number of rotatable bonds is 7. The number of amides is 3. The topological polar surface area (TPSA) is 134 Å². The Balaban J connectivity index is 1.43. The molecule has 1 saturated carbocycles. The van der Waals surface area contributed by atoms with Crippen molar-refractivity contribution in [3.8, 4) is 5.75 Å². The van der Waals surface area contributed by atoms with Crippen molar-refractivity contribution in [2.24, 2.45) is 22.6 Å². The SMILES string of the molecule is COc1c(N(C)C(N)=O)cc(C)c(CCS(=O)(=O)N2CCC3(CC2)N=C([C@H]2CC[C@H](C)CC2)NC3=O)c1C. The van der Waals surface area contributed by atoms with E-state index in [0.29, 0.717) is 36.6 Å². The highest BCUT2D eigenvalue weighted by atomic mass is 32.2. The second kappa shape index (κ2) is 10.8. The van der Waals surface area contributed by atoms with Gasteiger partial charge in [0.2, 0.25) is 10.0 Å². The normalized spacial score (nSPS) is 23.7. The number of benzene rings is 1. The first-order valence-corrected chi connectivity index (χ1v) is 15.1. The highest BCUT2D eigenvalue weighted by molar-refractivity contribution is 7.89. The van der Waals surface area contributed by atoms with Crippen LogP contribution in [0.4, 0.5) is 10.5 Å². The van der Waals surface area contributed by atoms with Crippen molar-refractivity contribution < 1.29 is 22.7 Å². The minimum Gasteiger partial charge on any atom is -0.494 e. The van der Waals surface area contributed by atoms with Gasteiger partial charge in [-0.15, -0.1) is 0 Å². The number of aryl methyl sites for hydroxylation is 1. The Morgan fingerprint density at radius 1 is 1.24 bits per heavy atom. The lowest BCUT2D eigenvalue weighted by atomic mass is 9.82. The zero-order valence-electron chi connectivity index (χ0n) is 23.2. The molecule has 10 nitrogen and oxygen atoms in total. The quantitative estimate of drug-likeness (QED) is 0.541. The fraction of sp³-hybridized carbons (Fsp3) is 0.667. The van der Waals surface area contributed by atoms with Crippen LogP contribution in [0.15, 0.2) is 11.1 Å². The molecule has 3 amide bonds. The van der Waals surface area contributed by atoms with E-state index < -0.39 is 21.6 Å². The van der Waals surface area contributed by atoms with E-state index in [-0.39, 0.29) is 24.7 Å². The number of hydrogen-bond acceptors (Lipinski definition) is 6. The second-order valence-corrected chi connectivity index (χ2v) is 13.2. The molecular formula is C27H41N5O5S. The molecule has 3 aliphatic rings. The summed E-state index contributed by atoms with van der Waals surface area (Å²) < 4.78 is 33.7. The molecule has 2 aliphatic heterocycles. The lowest BCUT2D eigenvalue weighted by Crippen LogP contribution is -2.51. The molecule has 1 aromatic rings. The molecule has 1 spiro atoms. The summed E-state index contributed by atoms with van der Waals surface area (Å²) in [6.45, 7) is 6.56. The lowest BCUT2D eigenvalue weighted by molar-refractivity contribution is -0.125. The van der Waals surface area contributed by atoms with Crippen LogP contribution in [0.1, 0.15) is 62.1 Å². The lowest BCUT2D eigenvalue weighted by Gasteiger charge is -2.35. The molecule has 2 fully saturated rings. The second-order valence-electron chi connectivity index (χ2n) is 11.2. The van der Waals surface area contributed by atoms with Gasteiger partial charge >= 0.3 is 6.03 Å². The summed E-state index contributed by atoms with van der Waals surface area (Å²) in [6, 6.07) is 1.19. The smallest absolute Gasteiger partial charge is 0.319 e.